The fourth-order valence-corrected chi connectivity index (χ4v) is 4.43. The van der Waals surface area contributed by atoms with Crippen molar-refractivity contribution in [3.05, 3.63) is 53.7 Å². The molecule has 0 spiro atoms. The fourth-order valence-electron chi connectivity index (χ4n) is 2.35. The van der Waals surface area contributed by atoms with Gasteiger partial charge < -0.3 is 5.11 Å². The Hall–Kier alpha value is -2.23. The normalized spacial score (nSPS) is 13.2. The minimum absolute atomic E-state index is 0.0782. The van der Waals surface area contributed by atoms with Crippen LogP contribution in [0.25, 0.3) is 10.1 Å². The summed E-state index contributed by atoms with van der Waals surface area (Å²) in [6.45, 7) is -0.0782. The molecule has 3 rings (SSSR count). The van der Waals surface area contributed by atoms with Crippen LogP contribution in [0.15, 0.2) is 48.1 Å². The minimum Gasteiger partial charge on any atom is -0.480 e. The topological polar surface area (TPSA) is 101 Å². The molecule has 1 atom stereocenters. The van der Waals surface area contributed by atoms with Crippen LogP contribution in [-0.4, -0.2) is 35.3 Å². The molecule has 3 aromatic rings. The Kier molecular flexibility index (Phi) is 4.65. The lowest BCUT2D eigenvalue weighted by atomic mass is 10.2. The molecule has 0 bridgehead atoms. The van der Waals surface area contributed by atoms with E-state index in [4.69, 9.17) is 0 Å². The number of rotatable bonds is 7. The monoisotopic (exact) mass is 365 g/mol. The van der Waals surface area contributed by atoms with Gasteiger partial charge in [-0.15, -0.1) is 11.3 Å². The van der Waals surface area contributed by atoms with Crippen LogP contribution in [0.4, 0.5) is 0 Å². The molecule has 0 aliphatic carbocycles. The zero-order chi connectivity index (χ0) is 17.2. The summed E-state index contributed by atoms with van der Waals surface area (Å²) in [5, 5.41) is 16.1. The van der Waals surface area contributed by atoms with E-state index in [-0.39, 0.29) is 12.3 Å². The summed E-state index contributed by atoms with van der Waals surface area (Å²) in [6.07, 6.45) is 3.08. The Morgan fingerprint density at radius 2 is 2.21 bits per heavy atom. The number of carbonyl (C=O) groups is 1. The van der Waals surface area contributed by atoms with Gasteiger partial charge in [0.25, 0.3) is 0 Å². The summed E-state index contributed by atoms with van der Waals surface area (Å²) in [7, 11) is -3.80. The van der Waals surface area contributed by atoms with Gasteiger partial charge in [0, 0.05) is 17.1 Å². The number of hydrogen-bond acceptors (Lipinski definition) is 5. The van der Waals surface area contributed by atoms with E-state index in [1.807, 2.05) is 17.5 Å². The predicted octanol–water partition coefficient (Wildman–Crippen LogP) is 1.67. The van der Waals surface area contributed by atoms with Crippen molar-refractivity contribution in [1.82, 2.24) is 14.5 Å². The molecule has 126 valence electrons. The first-order chi connectivity index (χ1) is 11.4. The first kappa shape index (κ1) is 16.6. The average Bonchev–Trinajstić information content (AvgIpc) is 3.16. The molecule has 0 unspecified atom stereocenters. The van der Waals surface area contributed by atoms with Crippen molar-refractivity contribution in [3.63, 3.8) is 0 Å². The summed E-state index contributed by atoms with van der Waals surface area (Å²) in [4.78, 5) is 11.3. The minimum atomic E-state index is -3.80. The second-order valence-electron chi connectivity index (χ2n) is 5.29. The molecule has 0 radical (unpaired) electrons. The van der Waals surface area contributed by atoms with E-state index < -0.39 is 22.0 Å². The highest BCUT2D eigenvalue weighted by atomic mass is 32.2. The zero-order valence-corrected chi connectivity index (χ0v) is 14.1. The lowest BCUT2D eigenvalue weighted by Gasteiger charge is -2.15. The Balaban J connectivity index is 1.74. The summed E-state index contributed by atoms with van der Waals surface area (Å²) in [6, 6.07) is 7.68. The first-order valence-corrected chi connectivity index (χ1v) is 9.62. The third-order valence-corrected chi connectivity index (χ3v) is 5.68. The molecule has 7 nitrogen and oxygen atoms in total. The third-order valence-electron chi connectivity index (χ3n) is 3.42. The van der Waals surface area contributed by atoms with Crippen LogP contribution in [-0.2, 0) is 27.1 Å². The van der Waals surface area contributed by atoms with E-state index in [2.05, 4.69) is 9.82 Å². The van der Waals surface area contributed by atoms with Gasteiger partial charge in [-0.05, 0) is 40.6 Å². The van der Waals surface area contributed by atoms with Crippen molar-refractivity contribution in [1.29, 1.82) is 0 Å². The maximum atomic E-state index is 12.3. The summed E-state index contributed by atoms with van der Waals surface area (Å²) in [5.41, 5.74) is 0.608. The lowest BCUT2D eigenvalue weighted by molar-refractivity contribution is -0.139. The summed E-state index contributed by atoms with van der Waals surface area (Å²) in [5.74, 6) is -1.52. The smallest absolute Gasteiger partial charge is 0.323 e. The van der Waals surface area contributed by atoms with Crippen LogP contribution in [0.5, 0.6) is 0 Å². The van der Waals surface area contributed by atoms with Crippen molar-refractivity contribution in [3.8, 4) is 0 Å². The van der Waals surface area contributed by atoms with E-state index in [1.165, 1.54) is 10.9 Å². The maximum Gasteiger partial charge on any atom is 0.323 e. The van der Waals surface area contributed by atoms with Gasteiger partial charge in [-0.2, -0.15) is 9.82 Å². The highest BCUT2D eigenvalue weighted by Crippen LogP contribution is 2.22. The quantitative estimate of drug-likeness (QED) is 0.663. The van der Waals surface area contributed by atoms with Gasteiger partial charge in [0.2, 0.25) is 10.0 Å². The van der Waals surface area contributed by atoms with E-state index in [1.54, 1.807) is 35.7 Å². The molecular formula is C15H15N3O4S2. The molecule has 24 heavy (non-hydrogen) atoms. The van der Waals surface area contributed by atoms with Gasteiger partial charge in [0.15, 0.2) is 0 Å². The molecule has 0 aliphatic heterocycles. The van der Waals surface area contributed by atoms with Crippen LogP contribution < -0.4 is 4.72 Å². The van der Waals surface area contributed by atoms with E-state index in [9.17, 15) is 18.3 Å². The molecule has 2 N–H and O–H groups in total. The molecular weight excluding hydrogens is 350 g/mol. The molecule has 0 saturated carbocycles. The predicted molar refractivity (Wildman–Crippen MR) is 91.2 cm³/mol. The molecule has 2 heterocycles. The first-order valence-electron chi connectivity index (χ1n) is 7.09. The number of nitrogens with one attached hydrogen (secondary N) is 1. The van der Waals surface area contributed by atoms with Gasteiger partial charge in [-0.25, -0.2) is 8.42 Å². The number of benzene rings is 1. The number of fused-ring (bicyclic) bond motifs is 1. The Bertz CT molecular complexity index is 948. The summed E-state index contributed by atoms with van der Waals surface area (Å²) >= 11 is 1.58. The SMILES string of the molecule is O=C(O)[C@@H](Cn1cccn1)NS(=O)(=O)Cc1ccc2sccc2c1. The second-order valence-corrected chi connectivity index (χ2v) is 7.99. The number of thiophene rings is 1. The van der Waals surface area contributed by atoms with E-state index in [0.717, 1.165) is 10.1 Å². The van der Waals surface area contributed by atoms with Gasteiger partial charge in [0.1, 0.15) is 6.04 Å². The zero-order valence-electron chi connectivity index (χ0n) is 12.5. The van der Waals surface area contributed by atoms with Gasteiger partial charge >= 0.3 is 5.97 Å². The van der Waals surface area contributed by atoms with Gasteiger partial charge in [0.05, 0.1) is 12.3 Å². The largest absolute Gasteiger partial charge is 0.480 e. The van der Waals surface area contributed by atoms with Gasteiger partial charge in [-0.1, -0.05) is 6.07 Å². The maximum absolute atomic E-state index is 12.3. The number of sulfonamides is 1. The van der Waals surface area contributed by atoms with Crippen molar-refractivity contribution in [2.75, 3.05) is 0 Å². The van der Waals surface area contributed by atoms with E-state index >= 15 is 0 Å². The van der Waals surface area contributed by atoms with Crippen LogP contribution >= 0.6 is 11.3 Å². The molecule has 1 aromatic carbocycles. The lowest BCUT2D eigenvalue weighted by Crippen LogP contribution is -2.44. The number of carboxylic acid groups (broad SMARTS) is 1. The standard InChI is InChI=1S/C15H15N3O4S2/c19-15(20)13(9-18-6-1-5-16-18)17-24(21,22)10-11-2-3-14-12(8-11)4-7-23-14/h1-8,13,17H,9-10H2,(H,19,20)/t13-/m1/s1. The molecule has 9 heteroatoms. The van der Waals surface area contributed by atoms with E-state index in [0.29, 0.717) is 5.56 Å². The van der Waals surface area contributed by atoms with Crippen LogP contribution in [0, 0.1) is 0 Å². The molecule has 0 fully saturated rings. The molecule has 0 saturated heterocycles. The van der Waals surface area contributed by atoms with Crippen LogP contribution in [0.1, 0.15) is 5.56 Å². The molecule has 0 aliphatic rings. The Morgan fingerprint density at radius 1 is 1.38 bits per heavy atom. The Labute approximate surface area is 142 Å². The highest BCUT2D eigenvalue weighted by molar-refractivity contribution is 7.88. The summed E-state index contributed by atoms with van der Waals surface area (Å²) < 4.78 is 29.3. The second kappa shape index (κ2) is 6.71. The Morgan fingerprint density at radius 3 is 2.92 bits per heavy atom. The van der Waals surface area contributed by atoms with Gasteiger partial charge in [-0.3, -0.25) is 9.48 Å². The number of aromatic nitrogens is 2. The highest BCUT2D eigenvalue weighted by Gasteiger charge is 2.25. The molecule has 0 amide bonds. The average molecular weight is 365 g/mol. The van der Waals surface area contributed by atoms with Crippen molar-refractivity contribution >= 4 is 37.4 Å². The number of hydrogen-bond donors (Lipinski definition) is 2. The number of carboxylic acids is 1. The number of aliphatic carboxylic acids is 1. The molecule has 2 aromatic heterocycles. The third kappa shape index (κ3) is 3.99. The number of nitrogens with zero attached hydrogens (tertiary/aromatic N) is 2. The van der Waals surface area contributed by atoms with Crippen LogP contribution in [0.2, 0.25) is 0 Å². The van der Waals surface area contributed by atoms with Crippen molar-refractivity contribution in [2.45, 2.75) is 18.3 Å². The van der Waals surface area contributed by atoms with Crippen molar-refractivity contribution < 1.29 is 18.3 Å². The van der Waals surface area contributed by atoms with Crippen LogP contribution in [0.3, 0.4) is 0 Å². The fraction of sp³-hybridized carbons (Fsp3) is 0.200. The van der Waals surface area contributed by atoms with Crippen molar-refractivity contribution in [2.24, 2.45) is 0 Å².